The smallest absolute Gasteiger partial charge is 0.266 e. The Morgan fingerprint density at radius 3 is 1.14 bits per heavy atom. The Kier molecular flexibility index (Phi) is 30.4. The van der Waals surface area contributed by atoms with Gasteiger partial charge >= 0.3 is 0 Å². The van der Waals surface area contributed by atoms with E-state index in [1.165, 1.54) is 128 Å². The fraction of sp³-hybridized carbons (Fsp3) is 0.972. The predicted molar refractivity (Wildman–Crippen MR) is 186 cm³/mol. The number of rotatable bonds is 34. The number of hydrogen-bond donors (Lipinski definition) is 4. The Hall–Kier alpha value is -0.700. The van der Waals surface area contributed by atoms with Gasteiger partial charge in [0.15, 0.2) is 0 Å². The van der Waals surface area contributed by atoms with E-state index in [9.17, 15) is 28.0 Å². The van der Waals surface area contributed by atoms with Crippen molar-refractivity contribution in [1.82, 2.24) is 5.32 Å². The number of carbonyl (C=O) groups excluding carboxylic acids is 1. The number of aliphatic hydroxyl groups excluding tert-OH is 2. The van der Waals surface area contributed by atoms with E-state index < -0.39 is 40.0 Å². The molecule has 0 aliphatic rings. The second-order valence-corrected chi connectivity index (χ2v) is 14.9. The summed E-state index contributed by atoms with van der Waals surface area (Å²) in [6.45, 7) is 4.49. The highest BCUT2D eigenvalue weighted by Crippen LogP contribution is 2.16. The van der Waals surface area contributed by atoms with Crippen molar-refractivity contribution in [3.63, 3.8) is 0 Å². The Balaban J connectivity index is 4.00. The summed E-state index contributed by atoms with van der Waals surface area (Å²) in [6.07, 6.45) is 31.2. The highest BCUT2D eigenvalue weighted by molar-refractivity contribution is 7.85. The Labute approximate surface area is 272 Å². The van der Waals surface area contributed by atoms with Crippen LogP contribution in [0.15, 0.2) is 0 Å². The number of amides is 1. The standard InChI is InChI=1S/C36H73NO6S/c1-3-5-7-9-11-13-15-17-18-19-21-23-25-27-29-31-35(39)36(40)37-33(32-44(41,42)43)34(38)30-28-26-24-22-20-16-14-12-10-8-6-4-2/h33-35,38-39H,3-32H2,1-2H3,(H,37,40)(H,41,42,43). The summed E-state index contributed by atoms with van der Waals surface area (Å²) in [7, 11) is -4.40. The van der Waals surface area contributed by atoms with Crippen LogP contribution in [0, 0.1) is 0 Å². The zero-order chi connectivity index (χ0) is 32.7. The van der Waals surface area contributed by atoms with E-state index in [1.807, 2.05) is 0 Å². The van der Waals surface area contributed by atoms with Gasteiger partial charge in [0.05, 0.1) is 17.9 Å². The van der Waals surface area contributed by atoms with Gasteiger partial charge in [0, 0.05) is 0 Å². The maximum Gasteiger partial charge on any atom is 0.266 e. The van der Waals surface area contributed by atoms with Gasteiger partial charge < -0.3 is 15.5 Å². The second kappa shape index (κ2) is 30.9. The lowest BCUT2D eigenvalue weighted by molar-refractivity contribution is -0.131. The van der Waals surface area contributed by atoms with Crippen molar-refractivity contribution in [2.24, 2.45) is 0 Å². The molecule has 7 nitrogen and oxygen atoms in total. The molecule has 264 valence electrons. The molecule has 0 fully saturated rings. The third-order valence-corrected chi connectivity index (χ3v) is 9.70. The van der Waals surface area contributed by atoms with Crippen LogP contribution in [-0.2, 0) is 14.9 Å². The van der Waals surface area contributed by atoms with E-state index in [0.717, 1.165) is 44.9 Å². The normalized spacial score (nSPS) is 14.0. The number of carbonyl (C=O) groups is 1. The molecule has 0 heterocycles. The maximum absolute atomic E-state index is 12.5. The molecule has 0 saturated carbocycles. The summed E-state index contributed by atoms with van der Waals surface area (Å²) in [5.74, 6) is -1.44. The van der Waals surface area contributed by atoms with Crippen LogP contribution < -0.4 is 5.32 Å². The molecule has 0 rings (SSSR count). The van der Waals surface area contributed by atoms with Crippen LogP contribution in [-0.4, -0.2) is 53.1 Å². The molecule has 0 aromatic rings. The van der Waals surface area contributed by atoms with E-state index in [-0.39, 0.29) is 0 Å². The van der Waals surface area contributed by atoms with Crippen molar-refractivity contribution in [1.29, 1.82) is 0 Å². The second-order valence-electron chi connectivity index (χ2n) is 13.4. The summed E-state index contributed by atoms with van der Waals surface area (Å²) in [5.41, 5.74) is 0. The Morgan fingerprint density at radius 2 is 0.818 bits per heavy atom. The fourth-order valence-electron chi connectivity index (χ4n) is 5.99. The predicted octanol–water partition coefficient (Wildman–Crippen LogP) is 9.43. The number of nitrogens with one attached hydrogen (secondary N) is 1. The Morgan fingerprint density at radius 1 is 0.523 bits per heavy atom. The van der Waals surface area contributed by atoms with Crippen molar-refractivity contribution in [3.8, 4) is 0 Å². The lowest BCUT2D eigenvalue weighted by Crippen LogP contribution is -2.50. The molecule has 4 N–H and O–H groups in total. The molecule has 0 spiro atoms. The molecule has 0 aliphatic heterocycles. The van der Waals surface area contributed by atoms with Crippen LogP contribution in [0.3, 0.4) is 0 Å². The first-order valence-electron chi connectivity index (χ1n) is 18.8. The van der Waals surface area contributed by atoms with E-state index >= 15 is 0 Å². The number of hydrogen-bond acceptors (Lipinski definition) is 5. The fourth-order valence-corrected chi connectivity index (χ4v) is 6.75. The number of aliphatic hydroxyl groups is 2. The van der Waals surface area contributed by atoms with E-state index in [2.05, 4.69) is 19.2 Å². The summed E-state index contributed by atoms with van der Waals surface area (Å²) >= 11 is 0. The van der Waals surface area contributed by atoms with Gasteiger partial charge in [0.2, 0.25) is 5.91 Å². The average molecular weight is 648 g/mol. The summed E-state index contributed by atoms with van der Waals surface area (Å²) < 4.78 is 32.4. The molecule has 1 amide bonds. The zero-order valence-electron chi connectivity index (χ0n) is 28.9. The van der Waals surface area contributed by atoms with Crippen LogP contribution in [0.4, 0.5) is 0 Å². The first kappa shape index (κ1) is 43.3. The van der Waals surface area contributed by atoms with Gasteiger partial charge in [-0.05, 0) is 12.8 Å². The van der Waals surface area contributed by atoms with E-state index in [1.54, 1.807) is 0 Å². The van der Waals surface area contributed by atoms with Gasteiger partial charge in [-0.3, -0.25) is 9.35 Å². The monoisotopic (exact) mass is 648 g/mol. The minimum Gasteiger partial charge on any atom is -0.391 e. The maximum atomic E-state index is 12.5. The summed E-state index contributed by atoms with van der Waals surface area (Å²) in [5, 5.41) is 23.4. The van der Waals surface area contributed by atoms with Gasteiger partial charge in [-0.25, -0.2) is 0 Å². The minimum atomic E-state index is -4.40. The van der Waals surface area contributed by atoms with Crippen LogP contribution in [0.2, 0.25) is 0 Å². The molecular formula is C36H73NO6S. The van der Waals surface area contributed by atoms with E-state index in [0.29, 0.717) is 12.8 Å². The first-order valence-corrected chi connectivity index (χ1v) is 20.4. The van der Waals surface area contributed by atoms with Crippen LogP contribution >= 0.6 is 0 Å². The summed E-state index contributed by atoms with van der Waals surface area (Å²) in [6, 6.07) is -1.14. The van der Waals surface area contributed by atoms with Crippen LogP contribution in [0.25, 0.3) is 0 Å². The van der Waals surface area contributed by atoms with Gasteiger partial charge in [0.1, 0.15) is 6.10 Å². The van der Waals surface area contributed by atoms with Gasteiger partial charge in [-0.2, -0.15) is 8.42 Å². The van der Waals surface area contributed by atoms with Crippen LogP contribution in [0.1, 0.15) is 200 Å². The highest BCUT2D eigenvalue weighted by atomic mass is 32.2. The van der Waals surface area contributed by atoms with Crippen molar-refractivity contribution in [2.45, 2.75) is 218 Å². The van der Waals surface area contributed by atoms with Gasteiger partial charge in [0.25, 0.3) is 10.1 Å². The SMILES string of the molecule is CCCCCCCCCCCCCCCCCC(O)C(=O)NC(CS(=O)(=O)O)C(O)CCCCCCCCCCCCCC. The van der Waals surface area contributed by atoms with Gasteiger partial charge in [-0.1, -0.05) is 187 Å². The van der Waals surface area contributed by atoms with E-state index in [4.69, 9.17) is 0 Å². The van der Waals surface area contributed by atoms with Crippen LogP contribution in [0.5, 0.6) is 0 Å². The quantitative estimate of drug-likeness (QED) is 0.0407. The first-order chi connectivity index (χ1) is 21.2. The van der Waals surface area contributed by atoms with Crippen molar-refractivity contribution < 1.29 is 28.0 Å². The molecule has 0 aromatic carbocycles. The number of unbranched alkanes of at least 4 members (excludes halogenated alkanes) is 25. The molecule has 0 radical (unpaired) electrons. The lowest BCUT2D eigenvalue weighted by Gasteiger charge is -2.24. The zero-order valence-corrected chi connectivity index (χ0v) is 29.7. The lowest BCUT2D eigenvalue weighted by atomic mass is 10.0. The Bertz CT molecular complexity index is 732. The summed E-state index contributed by atoms with van der Waals surface area (Å²) in [4.78, 5) is 12.5. The van der Waals surface area contributed by atoms with Crippen molar-refractivity contribution >= 4 is 16.0 Å². The molecule has 44 heavy (non-hydrogen) atoms. The topological polar surface area (TPSA) is 124 Å². The average Bonchev–Trinajstić information content (AvgIpc) is 2.98. The molecular weight excluding hydrogens is 574 g/mol. The third kappa shape index (κ3) is 30.0. The highest BCUT2D eigenvalue weighted by Gasteiger charge is 2.28. The van der Waals surface area contributed by atoms with Crippen molar-refractivity contribution in [3.05, 3.63) is 0 Å². The molecule has 3 unspecified atom stereocenters. The molecule has 0 aromatic heterocycles. The van der Waals surface area contributed by atoms with Gasteiger partial charge in [-0.15, -0.1) is 0 Å². The molecule has 0 bridgehead atoms. The third-order valence-electron chi connectivity index (χ3n) is 8.92. The molecule has 0 saturated heterocycles. The molecule has 0 aliphatic carbocycles. The molecule has 3 atom stereocenters. The molecule has 8 heteroatoms. The minimum absolute atomic E-state index is 0.303. The largest absolute Gasteiger partial charge is 0.391 e. The van der Waals surface area contributed by atoms with Crippen molar-refractivity contribution in [2.75, 3.05) is 5.75 Å².